The van der Waals surface area contributed by atoms with E-state index in [1.165, 1.54) is 0 Å². The van der Waals surface area contributed by atoms with Gasteiger partial charge in [0.1, 0.15) is 11.6 Å². The van der Waals surface area contributed by atoms with Crippen LogP contribution < -0.4 is 5.32 Å². The van der Waals surface area contributed by atoms with Crippen molar-refractivity contribution in [1.82, 2.24) is 15.4 Å². The second-order valence-corrected chi connectivity index (χ2v) is 5.82. The van der Waals surface area contributed by atoms with Gasteiger partial charge >= 0.3 is 0 Å². The van der Waals surface area contributed by atoms with Crippen LogP contribution in [0.15, 0.2) is 10.6 Å². The van der Waals surface area contributed by atoms with Gasteiger partial charge in [0.25, 0.3) is 0 Å². The highest BCUT2D eigenvalue weighted by Crippen LogP contribution is 2.35. The topological polar surface area (TPSA) is 75.4 Å². The summed E-state index contributed by atoms with van der Waals surface area (Å²) in [6.07, 6.45) is 3.43. The Morgan fingerprint density at radius 3 is 2.75 bits per heavy atom. The number of carbonyl (C=O) groups excluding carboxylic acids is 2. The van der Waals surface area contributed by atoms with Gasteiger partial charge in [-0.1, -0.05) is 18.0 Å². The third-order valence-corrected chi connectivity index (χ3v) is 4.34. The Morgan fingerprint density at radius 1 is 1.45 bits per heavy atom. The number of hydrogen-bond acceptors (Lipinski definition) is 4. The van der Waals surface area contributed by atoms with Crippen molar-refractivity contribution in [1.29, 1.82) is 0 Å². The number of piperazine rings is 1. The number of carbonyl (C=O) groups is 2. The van der Waals surface area contributed by atoms with Crippen LogP contribution >= 0.6 is 0 Å². The van der Waals surface area contributed by atoms with E-state index in [1.54, 1.807) is 17.9 Å². The first-order valence-corrected chi connectivity index (χ1v) is 7.07. The van der Waals surface area contributed by atoms with Crippen molar-refractivity contribution in [2.75, 3.05) is 0 Å². The number of aromatic nitrogens is 1. The molecular weight excluding hydrogens is 258 g/mol. The van der Waals surface area contributed by atoms with Crippen LogP contribution in [0.25, 0.3) is 0 Å². The minimum absolute atomic E-state index is 0.0103. The zero-order valence-electron chi connectivity index (χ0n) is 11.8. The summed E-state index contributed by atoms with van der Waals surface area (Å²) in [5.74, 6) is 0.546. The van der Waals surface area contributed by atoms with Crippen molar-refractivity contribution in [3.05, 3.63) is 17.5 Å². The normalized spacial score (nSPS) is 25.3. The van der Waals surface area contributed by atoms with Gasteiger partial charge in [0.2, 0.25) is 11.8 Å². The summed E-state index contributed by atoms with van der Waals surface area (Å²) in [5, 5.41) is 6.76. The van der Waals surface area contributed by atoms with Crippen LogP contribution in [0, 0.1) is 6.92 Å². The first-order valence-electron chi connectivity index (χ1n) is 7.07. The summed E-state index contributed by atoms with van der Waals surface area (Å²) in [5.41, 5.74) is 0.0932. The average Bonchev–Trinajstić information content (AvgIpc) is 3.03. The SMILES string of the molecule is Cc1cc(CN2C(=O)C3(CCCC3)NC(=O)C2C)on1. The molecule has 1 saturated heterocycles. The third-order valence-electron chi connectivity index (χ3n) is 4.34. The molecule has 2 amide bonds. The summed E-state index contributed by atoms with van der Waals surface area (Å²) in [4.78, 5) is 26.5. The van der Waals surface area contributed by atoms with Gasteiger partial charge in [0, 0.05) is 6.07 Å². The maximum atomic E-state index is 12.8. The number of aryl methyl sites for hydroxylation is 1. The van der Waals surface area contributed by atoms with E-state index in [4.69, 9.17) is 4.52 Å². The first kappa shape index (κ1) is 13.1. The van der Waals surface area contributed by atoms with Crippen LogP contribution in [-0.4, -0.2) is 33.5 Å². The molecule has 0 radical (unpaired) electrons. The van der Waals surface area contributed by atoms with Gasteiger partial charge in [0.05, 0.1) is 12.2 Å². The summed E-state index contributed by atoms with van der Waals surface area (Å²) < 4.78 is 5.17. The molecule has 0 bridgehead atoms. The molecule has 1 aliphatic carbocycles. The quantitative estimate of drug-likeness (QED) is 0.879. The molecule has 2 aliphatic rings. The van der Waals surface area contributed by atoms with E-state index in [1.807, 2.05) is 6.92 Å². The predicted octanol–water partition coefficient (Wildman–Crippen LogP) is 1.14. The maximum Gasteiger partial charge on any atom is 0.249 e. The lowest BCUT2D eigenvalue weighted by molar-refractivity contribution is -0.155. The van der Waals surface area contributed by atoms with Gasteiger partial charge in [-0.05, 0) is 26.7 Å². The molecule has 1 aromatic heterocycles. The third kappa shape index (κ3) is 1.99. The van der Waals surface area contributed by atoms with Crippen LogP contribution in [-0.2, 0) is 16.1 Å². The van der Waals surface area contributed by atoms with Crippen molar-refractivity contribution in [3.63, 3.8) is 0 Å². The van der Waals surface area contributed by atoms with Crippen LogP contribution in [0.2, 0.25) is 0 Å². The van der Waals surface area contributed by atoms with Crippen molar-refractivity contribution in [3.8, 4) is 0 Å². The van der Waals surface area contributed by atoms with E-state index in [0.717, 1.165) is 31.4 Å². The molecule has 1 spiro atoms. The number of amides is 2. The van der Waals surface area contributed by atoms with Crippen LogP contribution in [0.5, 0.6) is 0 Å². The maximum absolute atomic E-state index is 12.8. The van der Waals surface area contributed by atoms with Crippen molar-refractivity contribution in [2.24, 2.45) is 0 Å². The van der Waals surface area contributed by atoms with Gasteiger partial charge in [-0.25, -0.2) is 0 Å². The fourth-order valence-electron chi connectivity index (χ4n) is 3.17. The second kappa shape index (κ2) is 4.61. The summed E-state index contributed by atoms with van der Waals surface area (Å²) in [7, 11) is 0. The largest absolute Gasteiger partial charge is 0.359 e. The predicted molar refractivity (Wildman–Crippen MR) is 70.6 cm³/mol. The van der Waals surface area contributed by atoms with E-state index < -0.39 is 11.6 Å². The second-order valence-electron chi connectivity index (χ2n) is 5.82. The Kier molecular flexibility index (Phi) is 3.03. The van der Waals surface area contributed by atoms with E-state index in [0.29, 0.717) is 12.3 Å². The van der Waals surface area contributed by atoms with Crippen molar-refractivity contribution >= 4 is 11.8 Å². The lowest BCUT2D eigenvalue weighted by Gasteiger charge is -2.42. The van der Waals surface area contributed by atoms with Crippen molar-refractivity contribution in [2.45, 2.75) is 57.7 Å². The van der Waals surface area contributed by atoms with Gasteiger partial charge in [-0.3, -0.25) is 9.59 Å². The zero-order valence-corrected chi connectivity index (χ0v) is 11.8. The van der Waals surface area contributed by atoms with E-state index in [9.17, 15) is 9.59 Å². The Hall–Kier alpha value is -1.85. The smallest absolute Gasteiger partial charge is 0.249 e. The fraction of sp³-hybridized carbons (Fsp3) is 0.643. The molecule has 2 fully saturated rings. The van der Waals surface area contributed by atoms with Gasteiger partial charge in [-0.2, -0.15) is 0 Å². The monoisotopic (exact) mass is 277 g/mol. The molecule has 1 N–H and O–H groups in total. The molecule has 1 unspecified atom stereocenters. The number of nitrogens with zero attached hydrogens (tertiary/aromatic N) is 2. The van der Waals surface area contributed by atoms with Gasteiger partial charge in [-0.15, -0.1) is 0 Å². The lowest BCUT2D eigenvalue weighted by atomic mass is 9.91. The minimum atomic E-state index is -0.682. The van der Waals surface area contributed by atoms with Crippen LogP contribution in [0.3, 0.4) is 0 Å². The summed E-state index contributed by atoms with van der Waals surface area (Å²) >= 11 is 0. The molecule has 1 aromatic rings. The Balaban J connectivity index is 1.86. The van der Waals surface area contributed by atoms with Gasteiger partial charge in [0.15, 0.2) is 5.76 Å². The highest BCUT2D eigenvalue weighted by Gasteiger charge is 2.50. The molecule has 2 heterocycles. The molecule has 3 rings (SSSR count). The highest BCUT2D eigenvalue weighted by molar-refractivity contribution is 5.99. The Bertz CT molecular complexity index is 546. The minimum Gasteiger partial charge on any atom is -0.359 e. The molecule has 6 nitrogen and oxygen atoms in total. The summed E-state index contributed by atoms with van der Waals surface area (Å²) in [6, 6.07) is 1.33. The molecule has 1 aliphatic heterocycles. The molecule has 108 valence electrons. The standard InChI is InChI=1S/C14H19N3O3/c1-9-7-11(20-16-9)8-17-10(2)12(18)15-14(13(17)19)5-3-4-6-14/h7,10H,3-6,8H2,1-2H3,(H,15,18). The number of nitrogens with one attached hydrogen (secondary N) is 1. The van der Waals surface area contributed by atoms with Crippen LogP contribution in [0.4, 0.5) is 0 Å². The number of hydrogen-bond donors (Lipinski definition) is 1. The highest BCUT2D eigenvalue weighted by atomic mass is 16.5. The van der Waals surface area contributed by atoms with Gasteiger partial charge < -0.3 is 14.7 Å². The fourth-order valence-corrected chi connectivity index (χ4v) is 3.17. The molecular formula is C14H19N3O3. The van der Waals surface area contributed by atoms with E-state index in [-0.39, 0.29) is 11.8 Å². The van der Waals surface area contributed by atoms with E-state index >= 15 is 0 Å². The van der Waals surface area contributed by atoms with E-state index in [2.05, 4.69) is 10.5 Å². The summed E-state index contributed by atoms with van der Waals surface area (Å²) in [6.45, 7) is 3.88. The Morgan fingerprint density at radius 2 is 2.15 bits per heavy atom. The lowest BCUT2D eigenvalue weighted by Crippen LogP contribution is -2.68. The van der Waals surface area contributed by atoms with Crippen LogP contribution in [0.1, 0.15) is 44.1 Å². The Labute approximate surface area is 117 Å². The average molecular weight is 277 g/mol. The first-order chi connectivity index (χ1) is 9.52. The molecule has 20 heavy (non-hydrogen) atoms. The molecule has 6 heteroatoms. The molecule has 1 saturated carbocycles. The molecule has 1 atom stereocenters. The van der Waals surface area contributed by atoms with Crippen molar-refractivity contribution < 1.29 is 14.1 Å². The molecule has 0 aromatic carbocycles. The number of rotatable bonds is 2. The zero-order chi connectivity index (χ0) is 14.3.